The number of rotatable bonds is 3. The first-order valence-electron chi connectivity index (χ1n) is 7.29. The summed E-state index contributed by atoms with van der Waals surface area (Å²) in [6.07, 6.45) is 3.28. The molecular weight excluding hydrogens is 234 g/mol. The van der Waals surface area contributed by atoms with Crippen molar-refractivity contribution in [2.75, 3.05) is 19.0 Å². The molecule has 0 N–H and O–H groups in total. The van der Waals surface area contributed by atoms with Gasteiger partial charge in [0.05, 0.1) is 0 Å². The van der Waals surface area contributed by atoms with Crippen LogP contribution in [0.5, 0.6) is 5.75 Å². The van der Waals surface area contributed by atoms with Crippen LogP contribution in [0.3, 0.4) is 0 Å². The molecule has 0 saturated heterocycles. The fourth-order valence-electron chi connectivity index (χ4n) is 3.39. The Bertz CT molecular complexity index is 501. The Balaban J connectivity index is 2.69. The molecule has 0 aliphatic carbocycles. The van der Waals surface area contributed by atoms with Crippen LogP contribution in [-0.4, -0.2) is 19.7 Å². The number of hydrogen-bond donors (Lipinski definition) is 0. The van der Waals surface area contributed by atoms with Crippen molar-refractivity contribution in [3.8, 4) is 5.75 Å². The number of benzene rings is 1. The smallest absolute Gasteiger partial charge is 0.127 e. The molecule has 1 aromatic carbocycles. The Hall–Kier alpha value is -1.18. The molecule has 0 atom stereocenters. The normalized spacial score (nSPS) is 16.2. The van der Waals surface area contributed by atoms with E-state index < -0.39 is 0 Å². The minimum absolute atomic E-state index is 0.0625. The van der Waals surface area contributed by atoms with E-state index in [1.54, 1.807) is 0 Å². The number of hydrogen-bond acceptors (Lipinski definition) is 2. The Morgan fingerprint density at radius 3 is 2.32 bits per heavy atom. The predicted octanol–water partition coefficient (Wildman–Crippen LogP) is 4.04. The quantitative estimate of drug-likeness (QED) is 0.814. The molecule has 0 saturated carbocycles. The molecule has 2 nitrogen and oxygen atoms in total. The molecule has 106 valence electrons. The van der Waals surface area contributed by atoms with Gasteiger partial charge in [0.2, 0.25) is 0 Å². The maximum atomic E-state index is 6.26. The summed E-state index contributed by atoms with van der Waals surface area (Å²) in [7, 11) is 4.27. The number of ether oxygens (including phenoxy) is 1. The Kier molecular flexibility index (Phi) is 3.55. The Labute approximate surface area is 117 Å². The Morgan fingerprint density at radius 2 is 1.79 bits per heavy atom. The summed E-state index contributed by atoms with van der Waals surface area (Å²) in [5.74, 6) is 1.17. The van der Waals surface area contributed by atoms with Gasteiger partial charge in [0.15, 0.2) is 0 Å². The molecule has 0 unspecified atom stereocenters. The van der Waals surface area contributed by atoms with Crippen molar-refractivity contribution in [2.45, 2.75) is 59.5 Å². The SMILES string of the molecule is CCCc1c(C)c(N(C)C)c(C)c2c1OC(C)(C)C2. The third-order valence-corrected chi connectivity index (χ3v) is 4.09. The van der Waals surface area contributed by atoms with E-state index in [2.05, 4.69) is 53.6 Å². The van der Waals surface area contributed by atoms with E-state index in [0.29, 0.717) is 0 Å². The lowest BCUT2D eigenvalue weighted by Gasteiger charge is -2.24. The van der Waals surface area contributed by atoms with Crippen molar-refractivity contribution in [3.05, 3.63) is 22.3 Å². The molecule has 1 aromatic rings. The average Bonchev–Trinajstić information content (AvgIpc) is 2.60. The zero-order valence-corrected chi connectivity index (χ0v) is 13.5. The van der Waals surface area contributed by atoms with Gasteiger partial charge in [-0.15, -0.1) is 0 Å². The van der Waals surface area contributed by atoms with Gasteiger partial charge >= 0.3 is 0 Å². The van der Waals surface area contributed by atoms with Gasteiger partial charge in [0.1, 0.15) is 11.4 Å². The van der Waals surface area contributed by atoms with Crippen molar-refractivity contribution < 1.29 is 4.74 Å². The van der Waals surface area contributed by atoms with Gasteiger partial charge in [0, 0.05) is 31.8 Å². The first kappa shape index (κ1) is 14.2. The van der Waals surface area contributed by atoms with Crippen molar-refractivity contribution in [3.63, 3.8) is 0 Å². The van der Waals surface area contributed by atoms with Crippen LogP contribution < -0.4 is 9.64 Å². The average molecular weight is 261 g/mol. The van der Waals surface area contributed by atoms with Crippen molar-refractivity contribution in [2.24, 2.45) is 0 Å². The lowest BCUT2D eigenvalue weighted by Crippen LogP contribution is -2.25. The molecule has 1 aliphatic rings. The Morgan fingerprint density at radius 1 is 1.16 bits per heavy atom. The van der Waals surface area contributed by atoms with Gasteiger partial charge in [-0.2, -0.15) is 0 Å². The highest BCUT2D eigenvalue weighted by molar-refractivity contribution is 5.69. The van der Waals surface area contributed by atoms with Gasteiger partial charge < -0.3 is 9.64 Å². The molecule has 0 spiro atoms. The second-order valence-corrected chi connectivity index (χ2v) is 6.57. The fourth-order valence-corrected chi connectivity index (χ4v) is 3.39. The van der Waals surface area contributed by atoms with Gasteiger partial charge in [-0.25, -0.2) is 0 Å². The summed E-state index contributed by atoms with van der Waals surface area (Å²) in [5, 5.41) is 0. The summed E-state index contributed by atoms with van der Waals surface area (Å²) in [6.45, 7) is 11.1. The van der Waals surface area contributed by atoms with Crippen LogP contribution >= 0.6 is 0 Å². The second kappa shape index (κ2) is 4.73. The van der Waals surface area contributed by atoms with E-state index in [0.717, 1.165) is 19.3 Å². The third-order valence-electron chi connectivity index (χ3n) is 4.09. The van der Waals surface area contributed by atoms with E-state index in [1.165, 1.54) is 33.7 Å². The molecule has 0 aromatic heterocycles. The zero-order chi connectivity index (χ0) is 14.4. The van der Waals surface area contributed by atoms with Crippen LogP contribution in [-0.2, 0) is 12.8 Å². The first-order valence-corrected chi connectivity index (χ1v) is 7.29. The number of anilines is 1. The molecule has 0 fully saturated rings. The molecule has 0 amide bonds. The maximum absolute atomic E-state index is 6.26. The third kappa shape index (κ3) is 2.33. The summed E-state index contributed by atoms with van der Waals surface area (Å²) in [6, 6.07) is 0. The van der Waals surface area contributed by atoms with E-state index in [1.807, 2.05) is 0 Å². The topological polar surface area (TPSA) is 12.5 Å². The molecule has 1 aliphatic heterocycles. The predicted molar refractivity (Wildman–Crippen MR) is 82.6 cm³/mol. The molecule has 0 radical (unpaired) electrons. The highest BCUT2D eigenvalue weighted by Gasteiger charge is 2.35. The molecule has 19 heavy (non-hydrogen) atoms. The standard InChI is InChI=1S/C17H27NO/c1-8-9-13-11(2)15(18(6)7)12(3)14-10-17(4,5)19-16(13)14/h8-10H2,1-7H3. The van der Waals surface area contributed by atoms with Gasteiger partial charge in [-0.1, -0.05) is 13.3 Å². The summed E-state index contributed by atoms with van der Waals surface area (Å²) in [4.78, 5) is 2.25. The van der Waals surface area contributed by atoms with Crippen LogP contribution in [0.1, 0.15) is 49.4 Å². The second-order valence-electron chi connectivity index (χ2n) is 6.57. The van der Waals surface area contributed by atoms with Crippen LogP contribution in [0.2, 0.25) is 0 Å². The van der Waals surface area contributed by atoms with E-state index in [-0.39, 0.29) is 5.60 Å². The maximum Gasteiger partial charge on any atom is 0.127 e. The summed E-state index contributed by atoms with van der Waals surface area (Å²) < 4.78 is 6.26. The van der Waals surface area contributed by atoms with Crippen molar-refractivity contribution in [1.82, 2.24) is 0 Å². The number of fused-ring (bicyclic) bond motifs is 1. The van der Waals surface area contributed by atoms with E-state index in [4.69, 9.17) is 4.74 Å². The molecule has 2 rings (SSSR count). The van der Waals surface area contributed by atoms with E-state index in [9.17, 15) is 0 Å². The van der Waals surface area contributed by atoms with E-state index >= 15 is 0 Å². The van der Waals surface area contributed by atoms with Crippen LogP contribution in [0.4, 0.5) is 5.69 Å². The minimum atomic E-state index is -0.0625. The molecule has 1 heterocycles. The molecule has 2 heteroatoms. The fraction of sp³-hybridized carbons (Fsp3) is 0.647. The summed E-state index contributed by atoms with van der Waals surface area (Å²) >= 11 is 0. The van der Waals surface area contributed by atoms with Gasteiger partial charge in [-0.3, -0.25) is 0 Å². The van der Waals surface area contributed by atoms with Crippen molar-refractivity contribution in [1.29, 1.82) is 0 Å². The summed E-state index contributed by atoms with van der Waals surface area (Å²) in [5.41, 5.74) is 6.93. The van der Waals surface area contributed by atoms with Gasteiger partial charge in [0.25, 0.3) is 0 Å². The molecular formula is C17H27NO. The van der Waals surface area contributed by atoms with Gasteiger partial charge in [-0.05, 0) is 50.8 Å². The largest absolute Gasteiger partial charge is 0.487 e. The first-order chi connectivity index (χ1) is 8.78. The minimum Gasteiger partial charge on any atom is -0.487 e. The highest BCUT2D eigenvalue weighted by Crippen LogP contribution is 2.45. The monoisotopic (exact) mass is 261 g/mol. The number of nitrogens with zero attached hydrogens (tertiary/aromatic N) is 1. The van der Waals surface area contributed by atoms with Crippen LogP contribution in [0.15, 0.2) is 0 Å². The lowest BCUT2D eigenvalue weighted by atomic mass is 9.90. The molecule has 0 bridgehead atoms. The van der Waals surface area contributed by atoms with Crippen molar-refractivity contribution >= 4 is 5.69 Å². The zero-order valence-electron chi connectivity index (χ0n) is 13.5. The lowest BCUT2D eigenvalue weighted by molar-refractivity contribution is 0.137. The van der Waals surface area contributed by atoms with Crippen LogP contribution in [0.25, 0.3) is 0 Å². The highest BCUT2D eigenvalue weighted by atomic mass is 16.5. The van der Waals surface area contributed by atoms with Crippen LogP contribution in [0, 0.1) is 13.8 Å².